The van der Waals surface area contributed by atoms with Crippen molar-refractivity contribution in [2.45, 2.75) is 32.7 Å². The lowest BCUT2D eigenvalue weighted by Gasteiger charge is -2.35. The number of carbonyl (C=O) groups is 1. The normalized spacial score (nSPS) is 27.7. The van der Waals surface area contributed by atoms with Crippen LogP contribution in [-0.4, -0.2) is 49.6 Å². The van der Waals surface area contributed by atoms with Crippen molar-refractivity contribution in [1.29, 1.82) is 0 Å². The van der Waals surface area contributed by atoms with Crippen LogP contribution in [0, 0.1) is 0 Å². The lowest BCUT2D eigenvalue weighted by atomic mass is 10.00. The van der Waals surface area contributed by atoms with Crippen molar-refractivity contribution in [2.24, 2.45) is 0 Å². The molecule has 0 radical (unpaired) electrons. The first-order valence-corrected chi connectivity index (χ1v) is 7.31. The molecule has 5 nitrogen and oxygen atoms in total. The number of rotatable bonds is 3. The van der Waals surface area contributed by atoms with E-state index in [-0.39, 0.29) is 11.5 Å². The van der Waals surface area contributed by atoms with Crippen LogP contribution < -0.4 is 0 Å². The first kappa shape index (κ1) is 13.3. The minimum atomic E-state index is -3.01. The van der Waals surface area contributed by atoms with Crippen LogP contribution in [0.1, 0.15) is 27.2 Å². The predicted octanol–water partition coefficient (Wildman–Crippen LogP) is 1.04. The molecule has 1 aliphatic rings. The smallest absolute Gasteiger partial charge is 0.410 e. The topological polar surface area (TPSA) is 63.7 Å². The number of carbonyl (C=O) groups excluding carboxylic acids is 1. The van der Waals surface area contributed by atoms with Gasteiger partial charge in [0.15, 0.2) is 9.84 Å². The molecule has 0 spiro atoms. The summed E-state index contributed by atoms with van der Waals surface area (Å²) in [5, 5.41) is 0. The number of ether oxygens (including phenoxy) is 1. The zero-order valence-corrected chi connectivity index (χ0v) is 10.8. The molecule has 1 heterocycles. The summed E-state index contributed by atoms with van der Waals surface area (Å²) in [4.78, 5) is 13.2. The van der Waals surface area contributed by atoms with E-state index in [0.717, 1.165) is 0 Å². The van der Waals surface area contributed by atoms with Crippen LogP contribution in [0.5, 0.6) is 0 Å². The van der Waals surface area contributed by atoms with Crippen molar-refractivity contribution in [2.75, 3.05) is 24.7 Å². The fraction of sp³-hybridized carbons (Fsp3) is 0.900. The van der Waals surface area contributed by atoms with Gasteiger partial charge in [0.1, 0.15) is 0 Å². The summed E-state index contributed by atoms with van der Waals surface area (Å²) in [6.07, 6.45) is 0.0618. The molecule has 0 bridgehead atoms. The van der Waals surface area contributed by atoms with Crippen molar-refractivity contribution >= 4 is 15.9 Å². The predicted molar refractivity (Wildman–Crippen MR) is 61.1 cm³/mol. The minimum Gasteiger partial charge on any atom is -0.450 e. The van der Waals surface area contributed by atoms with Gasteiger partial charge >= 0.3 is 6.09 Å². The number of amides is 1. The Labute approximate surface area is 96.7 Å². The number of nitrogens with zero attached hydrogens (tertiary/aromatic N) is 1. The van der Waals surface area contributed by atoms with Crippen LogP contribution in [0.25, 0.3) is 0 Å². The van der Waals surface area contributed by atoms with Crippen molar-refractivity contribution < 1.29 is 17.9 Å². The van der Waals surface area contributed by atoms with Crippen LogP contribution in [0.4, 0.5) is 4.79 Å². The van der Waals surface area contributed by atoms with Gasteiger partial charge in [-0.1, -0.05) is 0 Å². The molecule has 1 aliphatic heterocycles. The Bertz CT molecular complexity index is 365. The Balaban J connectivity index is 2.85. The van der Waals surface area contributed by atoms with Crippen LogP contribution >= 0.6 is 0 Å². The van der Waals surface area contributed by atoms with E-state index in [1.165, 1.54) is 4.90 Å². The van der Waals surface area contributed by atoms with Crippen molar-refractivity contribution in [3.05, 3.63) is 0 Å². The summed E-state index contributed by atoms with van der Waals surface area (Å²) < 4.78 is 27.9. The first-order chi connectivity index (χ1) is 7.34. The Morgan fingerprint density at radius 1 is 1.44 bits per heavy atom. The highest BCUT2D eigenvalue weighted by Gasteiger charge is 2.44. The van der Waals surface area contributed by atoms with Crippen LogP contribution in [-0.2, 0) is 14.6 Å². The second-order valence-corrected chi connectivity index (χ2v) is 6.47. The summed E-state index contributed by atoms with van der Waals surface area (Å²) in [6.45, 7) is 6.13. The number of hydrogen-bond acceptors (Lipinski definition) is 4. The Hall–Kier alpha value is -0.780. The van der Waals surface area contributed by atoms with Crippen LogP contribution in [0.2, 0.25) is 0 Å². The summed E-state index contributed by atoms with van der Waals surface area (Å²) in [5.74, 6) is 0.187. The zero-order valence-electron chi connectivity index (χ0n) is 10.0. The van der Waals surface area contributed by atoms with Gasteiger partial charge in [0, 0.05) is 6.54 Å². The van der Waals surface area contributed by atoms with E-state index in [0.29, 0.717) is 19.6 Å². The molecular formula is C10H19NO4S. The number of hydrogen-bond donors (Lipinski definition) is 0. The average molecular weight is 249 g/mol. The highest BCUT2D eigenvalue weighted by Crippen LogP contribution is 2.29. The molecule has 0 aliphatic carbocycles. The van der Waals surface area contributed by atoms with Crippen LogP contribution in [0.3, 0.4) is 0 Å². The van der Waals surface area contributed by atoms with Crippen molar-refractivity contribution in [3.8, 4) is 0 Å². The van der Waals surface area contributed by atoms with Gasteiger partial charge in [-0.2, -0.15) is 0 Å². The maximum atomic E-state index is 11.7. The molecule has 1 saturated heterocycles. The Kier molecular flexibility index (Phi) is 3.83. The maximum absolute atomic E-state index is 11.7. The molecule has 1 rings (SSSR count). The molecule has 0 aromatic rings. The van der Waals surface area contributed by atoms with Gasteiger partial charge in [-0.25, -0.2) is 13.2 Å². The standard InChI is InChI=1S/C10H19NO4S/c1-4-11(9(12)15-5-2)10(3)6-7-16(13,14)8-10/h4-8H2,1-3H3/t10-/m0/s1. The highest BCUT2D eigenvalue weighted by molar-refractivity contribution is 7.91. The first-order valence-electron chi connectivity index (χ1n) is 5.49. The molecule has 1 amide bonds. The van der Waals surface area contributed by atoms with E-state index in [1.807, 2.05) is 6.92 Å². The molecule has 1 fully saturated rings. The molecule has 0 aromatic carbocycles. The monoisotopic (exact) mass is 249 g/mol. The Morgan fingerprint density at radius 3 is 2.44 bits per heavy atom. The zero-order chi connectivity index (χ0) is 12.4. The second-order valence-electron chi connectivity index (χ2n) is 4.28. The van der Waals surface area contributed by atoms with E-state index in [1.54, 1.807) is 13.8 Å². The molecule has 0 aromatic heterocycles. The van der Waals surface area contributed by atoms with Gasteiger partial charge in [0.25, 0.3) is 0 Å². The fourth-order valence-electron chi connectivity index (χ4n) is 2.14. The van der Waals surface area contributed by atoms with E-state index < -0.39 is 21.5 Å². The van der Waals surface area contributed by atoms with Gasteiger partial charge in [-0.15, -0.1) is 0 Å². The summed E-state index contributed by atoms with van der Waals surface area (Å²) in [7, 11) is -3.01. The average Bonchev–Trinajstić information content (AvgIpc) is 2.42. The molecular weight excluding hydrogens is 230 g/mol. The van der Waals surface area contributed by atoms with Crippen molar-refractivity contribution in [1.82, 2.24) is 4.90 Å². The van der Waals surface area contributed by atoms with Gasteiger partial charge in [0.2, 0.25) is 0 Å². The summed E-state index contributed by atoms with van der Waals surface area (Å²) >= 11 is 0. The molecule has 0 N–H and O–H groups in total. The summed E-state index contributed by atoms with van der Waals surface area (Å²) in [5.41, 5.74) is -0.611. The number of sulfone groups is 1. The molecule has 0 saturated carbocycles. The van der Waals surface area contributed by atoms with Gasteiger partial charge in [-0.3, -0.25) is 0 Å². The van der Waals surface area contributed by atoms with E-state index in [2.05, 4.69) is 0 Å². The van der Waals surface area contributed by atoms with Gasteiger partial charge in [-0.05, 0) is 27.2 Å². The fourth-order valence-corrected chi connectivity index (χ4v) is 4.28. The van der Waals surface area contributed by atoms with Gasteiger partial charge < -0.3 is 9.64 Å². The third-order valence-corrected chi connectivity index (χ3v) is 4.83. The largest absolute Gasteiger partial charge is 0.450 e. The van der Waals surface area contributed by atoms with E-state index >= 15 is 0 Å². The molecule has 94 valence electrons. The minimum absolute atomic E-state index is 0.0344. The third-order valence-electron chi connectivity index (χ3n) is 2.94. The third kappa shape index (κ3) is 2.66. The van der Waals surface area contributed by atoms with E-state index in [4.69, 9.17) is 4.74 Å². The van der Waals surface area contributed by atoms with Crippen LogP contribution in [0.15, 0.2) is 0 Å². The van der Waals surface area contributed by atoms with Gasteiger partial charge in [0.05, 0.1) is 23.7 Å². The van der Waals surface area contributed by atoms with E-state index in [9.17, 15) is 13.2 Å². The molecule has 0 unspecified atom stereocenters. The quantitative estimate of drug-likeness (QED) is 0.749. The summed E-state index contributed by atoms with van der Waals surface area (Å²) in [6, 6.07) is 0. The maximum Gasteiger partial charge on any atom is 0.410 e. The molecule has 1 atom stereocenters. The Morgan fingerprint density at radius 2 is 2.06 bits per heavy atom. The SMILES string of the molecule is CCOC(=O)N(CC)[C@@]1(C)CCS(=O)(=O)C1. The van der Waals surface area contributed by atoms with Crippen molar-refractivity contribution in [3.63, 3.8) is 0 Å². The molecule has 16 heavy (non-hydrogen) atoms. The lowest BCUT2D eigenvalue weighted by Crippen LogP contribution is -2.50. The lowest BCUT2D eigenvalue weighted by molar-refractivity contribution is 0.0704. The molecule has 6 heteroatoms. The second kappa shape index (κ2) is 4.61. The highest BCUT2D eigenvalue weighted by atomic mass is 32.2.